The highest BCUT2D eigenvalue weighted by atomic mass is 16.1. The Hall–Kier alpha value is -1.35. The lowest BCUT2D eigenvalue weighted by Crippen LogP contribution is -2.49. The van der Waals surface area contributed by atoms with E-state index in [0.717, 1.165) is 13.1 Å². The maximum Gasteiger partial charge on any atom is 0.223 e. The Morgan fingerprint density at radius 1 is 1.47 bits per heavy atom. The fourth-order valence-corrected chi connectivity index (χ4v) is 2.03. The molecule has 1 fully saturated rings. The van der Waals surface area contributed by atoms with Gasteiger partial charge in [-0.1, -0.05) is 31.2 Å². The van der Waals surface area contributed by atoms with Gasteiger partial charge in [0.25, 0.3) is 0 Å². The molecule has 1 amide bonds. The molecule has 2 N–H and O–H groups in total. The first kappa shape index (κ1) is 12.1. The minimum atomic E-state index is 0.111. The van der Waals surface area contributed by atoms with Gasteiger partial charge in [0, 0.05) is 12.5 Å². The molecule has 1 aromatic carbocycles. The summed E-state index contributed by atoms with van der Waals surface area (Å²) < 4.78 is 0. The van der Waals surface area contributed by atoms with Crippen molar-refractivity contribution in [1.29, 1.82) is 0 Å². The fraction of sp³-hybridized carbons (Fsp3) is 0.500. The second-order valence-corrected chi connectivity index (χ2v) is 4.85. The maximum atomic E-state index is 11.9. The van der Waals surface area contributed by atoms with Gasteiger partial charge in [-0.15, -0.1) is 0 Å². The average molecular weight is 232 g/mol. The molecule has 0 spiro atoms. The zero-order valence-electron chi connectivity index (χ0n) is 10.5. The molecule has 0 radical (unpaired) electrons. The van der Waals surface area contributed by atoms with Crippen LogP contribution in [0.4, 0.5) is 0 Å². The van der Waals surface area contributed by atoms with Gasteiger partial charge >= 0.3 is 0 Å². The van der Waals surface area contributed by atoms with Gasteiger partial charge in [-0.05, 0) is 37.1 Å². The van der Waals surface area contributed by atoms with Crippen LogP contribution in [0.3, 0.4) is 0 Å². The van der Waals surface area contributed by atoms with Crippen molar-refractivity contribution in [2.75, 3.05) is 13.1 Å². The molecule has 1 saturated heterocycles. The third-order valence-electron chi connectivity index (χ3n) is 3.65. The van der Waals surface area contributed by atoms with Crippen molar-refractivity contribution in [1.82, 2.24) is 10.6 Å². The molecule has 1 aliphatic heterocycles. The molecule has 1 heterocycles. The van der Waals surface area contributed by atoms with Crippen LogP contribution in [0.2, 0.25) is 0 Å². The van der Waals surface area contributed by atoms with E-state index >= 15 is 0 Å². The first-order valence-electron chi connectivity index (χ1n) is 6.21. The van der Waals surface area contributed by atoms with Gasteiger partial charge in [-0.2, -0.15) is 0 Å². The van der Waals surface area contributed by atoms with Crippen molar-refractivity contribution < 1.29 is 4.79 Å². The van der Waals surface area contributed by atoms with E-state index in [0.29, 0.717) is 12.5 Å². The lowest BCUT2D eigenvalue weighted by Gasteiger charge is -2.31. The summed E-state index contributed by atoms with van der Waals surface area (Å²) in [6.45, 7) is 6.66. The van der Waals surface area contributed by atoms with Crippen LogP contribution >= 0.6 is 0 Å². The minimum absolute atomic E-state index is 0.111. The average Bonchev–Trinajstić information content (AvgIpc) is 2.25. The Labute approximate surface area is 103 Å². The van der Waals surface area contributed by atoms with E-state index in [1.54, 1.807) is 0 Å². The number of rotatable bonds is 4. The van der Waals surface area contributed by atoms with Crippen molar-refractivity contribution in [3.8, 4) is 0 Å². The summed E-state index contributed by atoms with van der Waals surface area (Å²) >= 11 is 0. The lowest BCUT2D eigenvalue weighted by molar-refractivity contribution is -0.126. The largest absolute Gasteiger partial charge is 0.352 e. The highest BCUT2D eigenvalue weighted by Gasteiger charge is 2.28. The molecule has 0 bridgehead atoms. The predicted molar refractivity (Wildman–Crippen MR) is 68.5 cm³/mol. The number of carbonyl (C=O) groups excluding carboxylic acids is 1. The summed E-state index contributed by atoms with van der Waals surface area (Å²) in [4.78, 5) is 11.9. The van der Waals surface area contributed by atoms with Crippen LogP contribution in [0.5, 0.6) is 0 Å². The summed E-state index contributed by atoms with van der Waals surface area (Å²) in [7, 11) is 0. The molecule has 1 aliphatic rings. The standard InChI is InChI=1S/C14H20N2O/c1-10-5-3-4-6-12(10)9-16-14(17)11(2)13-7-15-8-13/h3-6,11,13,15H,7-9H2,1-2H3,(H,16,17). The topological polar surface area (TPSA) is 41.1 Å². The number of nitrogens with one attached hydrogen (secondary N) is 2. The Balaban J connectivity index is 1.85. The molecule has 0 aliphatic carbocycles. The van der Waals surface area contributed by atoms with Gasteiger partial charge in [-0.25, -0.2) is 0 Å². The molecule has 17 heavy (non-hydrogen) atoms. The van der Waals surface area contributed by atoms with Gasteiger partial charge in [-0.3, -0.25) is 4.79 Å². The Morgan fingerprint density at radius 3 is 2.76 bits per heavy atom. The smallest absolute Gasteiger partial charge is 0.223 e. The summed E-state index contributed by atoms with van der Waals surface area (Å²) in [6.07, 6.45) is 0. The van der Waals surface area contributed by atoms with Crippen LogP contribution in [0.15, 0.2) is 24.3 Å². The Bertz CT molecular complexity index is 399. The van der Waals surface area contributed by atoms with Gasteiger partial charge in [0.15, 0.2) is 0 Å². The monoisotopic (exact) mass is 232 g/mol. The molecule has 2 rings (SSSR count). The van der Waals surface area contributed by atoms with Crippen molar-refractivity contribution in [3.63, 3.8) is 0 Å². The SMILES string of the molecule is Cc1ccccc1CNC(=O)C(C)C1CNC1. The number of amides is 1. The van der Waals surface area contributed by atoms with Gasteiger partial charge in [0.05, 0.1) is 0 Å². The summed E-state index contributed by atoms with van der Waals surface area (Å²) in [6, 6.07) is 8.16. The molecule has 1 aromatic rings. The second-order valence-electron chi connectivity index (χ2n) is 4.85. The van der Waals surface area contributed by atoms with Crippen LogP contribution in [0, 0.1) is 18.8 Å². The van der Waals surface area contributed by atoms with Crippen LogP contribution in [0.1, 0.15) is 18.1 Å². The molecule has 0 saturated carbocycles. The number of hydrogen-bond donors (Lipinski definition) is 2. The Kier molecular flexibility index (Phi) is 3.79. The zero-order chi connectivity index (χ0) is 12.3. The molecule has 0 aromatic heterocycles. The van der Waals surface area contributed by atoms with E-state index in [1.165, 1.54) is 11.1 Å². The molecule has 1 unspecified atom stereocenters. The van der Waals surface area contributed by atoms with E-state index in [1.807, 2.05) is 19.1 Å². The first-order valence-corrected chi connectivity index (χ1v) is 6.21. The van der Waals surface area contributed by atoms with Gasteiger partial charge in [0.1, 0.15) is 0 Å². The van der Waals surface area contributed by atoms with E-state index < -0.39 is 0 Å². The highest BCUT2D eigenvalue weighted by molar-refractivity contribution is 5.78. The highest BCUT2D eigenvalue weighted by Crippen LogP contribution is 2.16. The van der Waals surface area contributed by atoms with Crippen molar-refractivity contribution in [3.05, 3.63) is 35.4 Å². The van der Waals surface area contributed by atoms with Crippen molar-refractivity contribution in [2.24, 2.45) is 11.8 Å². The molecule has 92 valence electrons. The number of benzene rings is 1. The summed E-state index contributed by atoms with van der Waals surface area (Å²) in [5.41, 5.74) is 2.42. The molecular formula is C14H20N2O. The summed E-state index contributed by atoms with van der Waals surface area (Å²) in [5, 5.41) is 6.22. The third kappa shape index (κ3) is 2.86. The minimum Gasteiger partial charge on any atom is -0.352 e. The first-order chi connectivity index (χ1) is 8.18. The van der Waals surface area contributed by atoms with Crippen molar-refractivity contribution in [2.45, 2.75) is 20.4 Å². The number of carbonyl (C=O) groups is 1. The van der Waals surface area contributed by atoms with E-state index in [4.69, 9.17) is 0 Å². The van der Waals surface area contributed by atoms with E-state index in [2.05, 4.69) is 29.7 Å². The zero-order valence-corrected chi connectivity index (χ0v) is 10.5. The second kappa shape index (κ2) is 5.32. The molecule has 3 heteroatoms. The third-order valence-corrected chi connectivity index (χ3v) is 3.65. The normalized spacial score (nSPS) is 17.3. The quantitative estimate of drug-likeness (QED) is 0.825. The van der Waals surface area contributed by atoms with Crippen LogP contribution in [-0.4, -0.2) is 19.0 Å². The molecular weight excluding hydrogens is 212 g/mol. The molecule has 1 atom stereocenters. The fourth-order valence-electron chi connectivity index (χ4n) is 2.03. The van der Waals surface area contributed by atoms with Crippen LogP contribution in [0.25, 0.3) is 0 Å². The van der Waals surface area contributed by atoms with Gasteiger partial charge < -0.3 is 10.6 Å². The van der Waals surface area contributed by atoms with E-state index in [9.17, 15) is 4.79 Å². The number of aryl methyl sites for hydroxylation is 1. The van der Waals surface area contributed by atoms with Crippen molar-refractivity contribution >= 4 is 5.91 Å². The summed E-state index contributed by atoms with van der Waals surface area (Å²) in [5.74, 6) is 0.784. The van der Waals surface area contributed by atoms with Crippen LogP contribution in [-0.2, 0) is 11.3 Å². The maximum absolute atomic E-state index is 11.9. The van der Waals surface area contributed by atoms with E-state index in [-0.39, 0.29) is 11.8 Å². The number of hydrogen-bond acceptors (Lipinski definition) is 2. The predicted octanol–water partition coefficient (Wildman–Crippen LogP) is 1.47. The molecule has 3 nitrogen and oxygen atoms in total. The van der Waals surface area contributed by atoms with Gasteiger partial charge in [0.2, 0.25) is 5.91 Å². The Morgan fingerprint density at radius 2 is 2.18 bits per heavy atom. The lowest BCUT2D eigenvalue weighted by atomic mass is 9.88. The van der Waals surface area contributed by atoms with Crippen LogP contribution < -0.4 is 10.6 Å².